The molecule has 2 N–H and O–H groups in total. The molecule has 2 amide bonds. The molecule has 26 heavy (non-hydrogen) atoms. The summed E-state index contributed by atoms with van der Waals surface area (Å²) in [5, 5.41) is 5.42. The molecule has 0 fully saturated rings. The van der Waals surface area contributed by atoms with Crippen molar-refractivity contribution in [2.24, 2.45) is 0 Å². The fourth-order valence-electron chi connectivity index (χ4n) is 2.68. The van der Waals surface area contributed by atoms with Crippen molar-refractivity contribution in [2.75, 3.05) is 20.3 Å². The molecule has 7 nitrogen and oxygen atoms in total. The number of urea groups is 1. The zero-order valence-electron chi connectivity index (χ0n) is 15.7. The smallest absolute Gasteiger partial charge is 0.338 e. The van der Waals surface area contributed by atoms with E-state index >= 15 is 0 Å². The van der Waals surface area contributed by atoms with Crippen molar-refractivity contribution in [2.45, 2.75) is 39.7 Å². The van der Waals surface area contributed by atoms with Crippen molar-refractivity contribution < 1.29 is 23.8 Å². The van der Waals surface area contributed by atoms with E-state index in [1.165, 1.54) is 0 Å². The van der Waals surface area contributed by atoms with Crippen LogP contribution in [0.15, 0.2) is 29.5 Å². The molecular weight excluding hydrogens is 336 g/mol. The van der Waals surface area contributed by atoms with Gasteiger partial charge in [-0.2, -0.15) is 0 Å². The number of allylic oxidation sites excluding steroid dienone is 1. The molecule has 1 aromatic rings. The Morgan fingerprint density at radius 1 is 1.15 bits per heavy atom. The fraction of sp³-hybridized carbons (Fsp3) is 0.474. The maximum absolute atomic E-state index is 12.5. The van der Waals surface area contributed by atoms with Crippen LogP contribution < -0.4 is 20.1 Å². The van der Waals surface area contributed by atoms with Gasteiger partial charge in [-0.1, -0.05) is 19.9 Å². The molecule has 0 spiro atoms. The molecule has 0 aromatic heterocycles. The topological polar surface area (TPSA) is 85.9 Å². The van der Waals surface area contributed by atoms with Crippen molar-refractivity contribution in [3.63, 3.8) is 0 Å². The van der Waals surface area contributed by atoms with E-state index in [1.807, 2.05) is 13.8 Å². The molecule has 142 valence electrons. The highest BCUT2D eigenvalue weighted by atomic mass is 16.5. The van der Waals surface area contributed by atoms with Crippen molar-refractivity contribution in [1.29, 1.82) is 0 Å². The average molecular weight is 362 g/mol. The predicted molar refractivity (Wildman–Crippen MR) is 97.1 cm³/mol. The first kappa shape index (κ1) is 19.6. The number of esters is 1. The lowest BCUT2D eigenvalue weighted by molar-refractivity contribution is -0.139. The first-order valence-corrected chi connectivity index (χ1v) is 8.77. The quantitative estimate of drug-likeness (QED) is 0.694. The first-order chi connectivity index (χ1) is 12.5. The monoisotopic (exact) mass is 362 g/mol. The Bertz CT molecular complexity index is 699. The molecule has 2 rings (SSSR count). The van der Waals surface area contributed by atoms with E-state index in [0.717, 1.165) is 18.4 Å². The summed E-state index contributed by atoms with van der Waals surface area (Å²) < 4.78 is 16.3. The summed E-state index contributed by atoms with van der Waals surface area (Å²) in [4.78, 5) is 24.5. The number of hydrogen-bond acceptors (Lipinski definition) is 5. The van der Waals surface area contributed by atoms with Crippen LogP contribution in [-0.4, -0.2) is 32.3 Å². The van der Waals surface area contributed by atoms with Crippen LogP contribution in [-0.2, 0) is 9.53 Å². The molecular formula is C19H26N2O5. The lowest BCUT2D eigenvalue weighted by Crippen LogP contribution is -2.45. The van der Waals surface area contributed by atoms with Crippen LogP contribution in [0.2, 0.25) is 0 Å². The van der Waals surface area contributed by atoms with Crippen LogP contribution in [0.4, 0.5) is 4.79 Å². The van der Waals surface area contributed by atoms with E-state index < -0.39 is 12.0 Å². The number of rotatable bonds is 8. The highest BCUT2D eigenvalue weighted by Gasteiger charge is 2.32. The number of carbonyl (C=O) groups is 2. The van der Waals surface area contributed by atoms with Gasteiger partial charge in [0.15, 0.2) is 11.5 Å². The van der Waals surface area contributed by atoms with Gasteiger partial charge in [0.2, 0.25) is 0 Å². The number of ether oxygens (including phenoxy) is 3. The van der Waals surface area contributed by atoms with Gasteiger partial charge in [-0.05, 0) is 37.5 Å². The Balaban J connectivity index is 2.40. The van der Waals surface area contributed by atoms with Crippen LogP contribution in [0.5, 0.6) is 11.5 Å². The molecule has 0 saturated heterocycles. The number of carbonyl (C=O) groups excluding carboxylic acids is 2. The van der Waals surface area contributed by atoms with Crippen LogP contribution in [0.1, 0.15) is 45.2 Å². The summed E-state index contributed by atoms with van der Waals surface area (Å²) in [6, 6.07) is 4.35. The predicted octanol–water partition coefficient (Wildman–Crippen LogP) is 3.07. The zero-order valence-corrected chi connectivity index (χ0v) is 15.7. The molecule has 0 aliphatic carbocycles. The van der Waals surface area contributed by atoms with E-state index in [1.54, 1.807) is 32.2 Å². The van der Waals surface area contributed by atoms with Crippen LogP contribution in [0.3, 0.4) is 0 Å². The highest BCUT2D eigenvalue weighted by Crippen LogP contribution is 2.34. The van der Waals surface area contributed by atoms with Crippen molar-refractivity contribution in [1.82, 2.24) is 10.6 Å². The highest BCUT2D eigenvalue weighted by molar-refractivity contribution is 5.95. The van der Waals surface area contributed by atoms with Gasteiger partial charge >= 0.3 is 12.0 Å². The van der Waals surface area contributed by atoms with Crippen LogP contribution in [0, 0.1) is 0 Å². The molecule has 1 unspecified atom stereocenters. The summed E-state index contributed by atoms with van der Waals surface area (Å²) in [7, 11) is 1.57. The Kier molecular flexibility index (Phi) is 6.89. The van der Waals surface area contributed by atoms with Crippen molar-refractivity contribution in [3.8, 4) is 11.5 Å². The second-order valence-corrected chi connectivity index (χ2v) is 5.96. The summed E-state index contributed by atoms with van der Waals surface area (Å²) in [5.74, 6) is 0.713. The normalized spacial score (nSPS) is 16.6. The van der Waals surface area contributed by atoms with E-state index in [4.69, 9.17) is 14.2 Å². The molecule has 0 radical (unpaired) electrons. The third kappa shape index (κ3) is 4.47. The first-order valence-electron chi connectivity index (χ1n) is 8.77. The Morgan fingerprint density at radius 3 is 2.54 bits per heavy atom. The largest absolute Gasteiger partial charge is 0.493 e. The molecule has 1 heterocycles. The van der Waals surface area contributed by atoms with Crippen LogP contribution >= 0.6 is 0 Å². The van der Waals surface area contributed by atoms with E-state index in [2.05, 4.69) is 10.6 Å². The van der Waals surface area contributed by atoms with Gasteiger partial charge in [0.05, 0.1) is 31.9 Å². The summed E-state index contributed by atoms with van der Waals surface area (Å²) >= 11 is 0. The SMILES string of the molecule is CCCOC(=O)C1=C(C)NC(=O)NC1c1ccc(OC)c(OCCC)c1. The van der Waals surface area contributed by atoms with E-state index in [0.29, 0.717) is 36.0 Å². The van der Waals surface area contributed by atoms with E-state index in [9.17, 15) is 9.59 Å². The zero-order chi connectivity index (χ0) is 19.1. The Labute approximate surface area is 153 Å². The molecule has 1 aromatic carbocycles. The summed E-state index contributed by atoms with van der Waals surface area (Å²) in [5.41, 5.74) is 1.57. The molecule has 1 aliphatic heterocycles. The summed E-state index contributed by atoms with van der Waals surface area (Å²) in [6.45, 7) is 6.49. The van der Waals surface area contributed by atoms with Gasteiger partial charge in [-0.3, -0.25) is 0 Å². The number of nitrogens with one attached hydrogen (secondary N) is 2. The minimum atomic E-state index is -0.622. The molecule has 1 atom stereocenters. The van der Waals surface area contributed by atoms with Crippen molar-refractivity contribution in [3.05, 3.63) is 35.0 Å². The minimum absolute atomic E-state index is 0.323. The maximum atomic E-state index is 12.5. The second kappa shape index (κ2) is 9.12. The molecule has 1 aliphatic rings. The number of methoxy groups -OCH3 is 1. The van der Waals surface area contributed by atoms with Gasteiger partial charge < -0.3 is 24.8 Å². The third-order valence-corrected chi connectivity index (χ3v) is 3.91. The van der Waals surface area contributed by atoms with E-state index in [-0.39, 0.29) is 6.03 Å². The molecule has 0 bridgehead atoms. The average Bonchev–Trinajstić information content (AvgIpc) is 2.63. The van der Waals surface area contributed by atoms with Crippen LogP contribution in [0.25, 0.3) is 0 Å². The Hall–Kier alpha value is -2.70. The molecule has 0 saturated carbocycles. The Morgan fingerprint density at radius 2 is 1.88 bits per heavy atom. The van der Waals surface area contributed by atoms with Gasteiger partial charge in [-0.25, -0.2) is 9.59 Å². The van der Waals surface area contributed by atoms with Crippen molar-refractivity contribution >= 4 is 12.0 Å². The standard InChI is InChI=1S/C19H26N2O5/c1-5-9-25-15-11-13(7-8-14(15)24-4)17-16(18(22)26-10-6-2)12(3)20-19(23)21-17/h7-8,11,17H,5-6,9-10H2,1-4H3,(H2,20,21,23). The fourth-order valence-corrected chi connectivity index (χ4v) is 2.68. The van der Waals surface area contributed by atoms with Gasteiger partial charge in [0.1, 0.15) is 0 Å². The number of hydrogen-bond donors (Lipinski definition) is 2. The lowest BCUT2D eigenvalue weighted by Gasteiger charge is -2.28. The second-order valence-electron chi connectivity index (χ2n) is 5.96. The van der Waals surface area contributed by atoms with Gasteiger partial charge in [0.25, 0.3) is 0 Å². The lowest BCUT2D eigenvalue weighted by atomic mass is 9.95. The number of amides is 2. The number of benzene rings is 1. The molecule has 7 heteroatoms. The maximum Gasteiger partial charge on any atom is 0.338 e. The van der Waals surface area contributed by atoms with Gasteiger partial charge in [-0.15, -0.1) is 0 Å². The minimum Gasteiger partial charge on any atom is -0.493 e. The summed E-state index contributed by atoms with van der Waals surface area (Å²) in [6.07, 6.45) is 1.57. The third-order valence-electron chi connectivity index (χ3n) is 3.91. The van der Waals surface area contributed by atoms with Gasteiger partial charge in [0, 0.05) is 5.70 Å².